The van der Waals surface area contributed by atoms with Crippen LogP contribution in [0.2, 0.25) is 0 Å². The topological polar surface area (TPSA) is 87.6 Å². The number of hydrogen-bond donors (Lipinski definition) is 1. The Balaban J connectivity index is 1.99. The van der Waals surface area contributed by atoms with Crippen molar-refractivity contribution in [2.24, 2.45) is 0 Å². The molecule has 0 fully saturated rings. The van der Waals surface area contributed by atoms with Crippen molar-refractivity contribution in [3.8, 4) is 11.5 Å². The summed E-state index contributed by atoms with van der Waals surface area (Å²) in [5.41, 5.74) is 7.11. The van der Waals surface area contributed by atoms with Crippen molar-refractivity contribution in [3.63, 3.8) is 0 Å². The lowest BCUT2D eigenvalue weighted by Gasteiger charge is -2.07. The Hall–Kier alpha value is -3.28. The Morgan fingerprint density at radius 1 is 1.08 bits per heavy atom. The van der Waals surface area contributed by atoms with Crippen LogP contribution in [0, 0.1) is 0 Å². The molecule has 2 aromatic carbocycles. The fourth-order valence-corrected chi connectivity index (χ4v) is 2.33. The van der Waals surface area contributed by atoms with Crippen molar-refractivity contribution in [1.29, 1.82) is 0 Å². The zero-order valence-corrected chi connectivity index (χ0v) is 13.3. The van der Waals surface area contributed by atoms with Gasteiger partial charge in [0.2, 0.25) is 5.89 Å². The summed E-state index contributed by atoms with van der Waals surface area (Å²) < 4.78 is 15.7. The number of benzene rings is 2. The van der Waals surface area contributed by atoms with E-state index in [-0.39, 0.29) is 5.89 Å². The second-order valence-electron chi connectivity index (χ2n) is 5.03. The van der Waals surface area contributed by atoms with E-state index in [9.17, 15) is 4.79 Å². The molecule has 0 aliphatic heterocycles. The van der Waals surface area contributed by atoms with Crippen LogP contribution in [0.3, 0.4) is 0 Å². The predicted octanol–water partition coefficient (Wildman–Crippen LogP) is 2.96. The number of nitrogen functional groups attached to an aromatic ring is 1. The van der Waals surface area contributed by atoms with Crippen LogP contribution in [0.25, 0.3) is 23.1 Å². The molecule has 0 aliphatic carbocycles. The molecule has 0 bridgehead atoms. The van der Waals surface area contributed by atoms with Crippen LogP contribution in [-0.4, -0.2) is 19.2 Å². The van der Waals surface area contributed by atoms with E-state index in [4.69, 9.17) is 19.6 Å². The van der Waals surface area contributed by atoms with Crippen molar-refractivity contribution < 1.29 is 13.9 Å². The third-order valence-corrected chi connectivity index (χ3v) is 3.53. The number of aromatic nitrogens is 1. The highest BCUT2D eigenvalue weighted by atomic mass is 16.5. The molecule has 0 atom stereocenters. The summed E-state index contributed by atoms with van der Waals surface area (Å²) in [5, 5.41) is 0.360. The number of ether oxygens (including phenoxy) is 2. The molecular formula is C18H16N2O4. The van der Waals surface area contributed by atoms with E-state index >= 15 is 0 Å². The summed E-state index contributed by atoms with van der Waals surface area (Å²) in [6, 6.07) is 10.5. The number of para-hydroxylation sites is 1. The highest BCUT2D eigenvalue weighted by Gasteiger charge is 2.07. The first-order valence-electron chi connectivity index (χ1n) is 7.22. The summed E-state index contributed by atoms with van der Waals surface area (Å²) >= 11 is 0. The van der Waals surface area contributed by atoms with Crippen molar-refractivity contribution >= 4 is 28.7 Å². The highest BCUT2D eigenvalue weighted by molar-refractivity contribution is 5.88. The number of methoxy groups -OCH3 is 2. The van der Waals surface area contributed by atoms with Gasteiger partial charge >= 0.3 is 5.63 Å². The molecule has 0 saturated carbocycles. The minimum atomic E-state index is -0.473. The van der Waals surface area contributed by atoms with Crippen LogP contribution in [-0.2, 0) is 0 Å². The summed E-state index contributed by atoms with van der Waals surface area (Å²) in [4.78, 5) is 16.3. The molecule has 0 unspecified atom stereocenters. The largest absolute Gasteiger partial charge is 0.493 e. The molecule has 0 amide bonds. The standard InChI is InChI=1S/C18H16N2O4/c1-22-14-8-6-11(10-15(14)23-2)7-9-16-20-17-12(18(21)24-16)4-3-5-13(17)19/h3-10H,19H2,1-2H3. The molecule has 6 nitrogen and oxygen atoms in total. The number of anilines is 1. The summed E-state index contributed by atoms with van der Waals surface area (Å²) in [5.74, 6) is 1.43. The first kappa shape index (κ1) is 15.6. The summed E-state index contributed by atoms with van der Waals surface area (Å²) in [7, 11) is 3.14. The van der Waals surface area contributed by atoms with Gasteiger partial charge in [-0.2, -0.15) is 0 Å². The number of fused-ring (bicyclic) bond motifs is 1. The summed E-state index contributed by atoms with van der Waals surface area (Å²) in [6.07, 6.45) is 3.37. The van der Waals surface area contributed by atoms with Crippen LogP contribution in [0.15, 0.2) is 45.6 Å². The van der Waals surface area contributed by atoms with Crippen LogP contribution < -0.4 is 20.8 Å². The van der Waals surface area contributed by atoms with Gasteiger partial charge in [-0.05, 0) is 35.9 Å². The van der Waals surface area contributed by atoms with E-state index in [1.165, 1.54) is 0 Å². The number of rotatable bonds is 4. The number of nitrogens with zero attached hydrogens (tertiary/aromatic N) is 1. The molecule has 1 heterocycles. The second-order valence-corrected chi connectivity index (χ2v) is 5.03. The molecule has 24 heavy (non-hydrogen) atoms. The molecule has 0 saturated heterocycles. The molecule has 1 aromatic heterocycles. The lowest BCUT2D eigenvalue weighted by atomic mass is 10.2. The minimum Gasteiger partial charge on any atom is -0.493 e. The smallest absolute Gasteiger partial charge is 0.347 e. The quantitative estimate of drug-likeness (QED) is 0.742. The first-order valence-corrected chi connectivity index (χ1v) is 7.22. The SMILES string of the molecule is COc1ccc(C=Cc2nc3c(N)cccc3c(=O)o2)cc1OC. The molecule has 2 N–H and O–H groups in total. The zero-order valence-electron chi connectivity index (χ0n) is 13.3. The van der Waals surface area contributed by atoms with E-state index in [0.29, 0.717) is 28.1 Å². The monoisotopic (exact) mass is 324 g/mol. The van der Waals surface area contributed by atoms with Crippen molar-refractivity contribution in [3.05, 3.63) is 58.3 Å². The van der Waals surface area contributed by atoms with Gasteiger partial charge in [-0.25, -0.2) is 9.78 Å². The highest BCUT2D eigenvalue weighted by Crippen LogP contribution is 2.28. The first-order chi connectivity index (χ1) is 11.6. The molecular weight excluding hydrogens is 308 g/mol. The summed E-state index contributed by atoms with van der Waals surface area (Å²) in [6.45, 7) is 0. The number of nitrogens with two attached hydrogens (primary N) is 1. The average molecular weight is 324 g/mol. The van der Waals surface area contributed by atoms with Crippen molar-refractivity contribution in [2.45, 2.75) is 0 Å². The van der Waals surface area contributed by atoms with Gasteiger partial charge in [0, 0.05) is 6.08 Å². The van der Waals surface area contributed by atoms with Crippen LogP contribution in [0.4, 0.5) is 5.69 Å². The normalized spacial score (nSPS) is 11.1. The van der Waals surface area contributed by atoms with Gasteiger partial charge in [-0.1, -0.05) is 12.1 Å². The second kappa shape index (κ2) is 6.45. The fourth-order valence-electron chi connectivity index (χ4n) is 2.33. The Kier molecular flexibility index (Phi) is 4.20. The number of hydrogen-bond acceptors (Lipinski definition) is 6. The Morgan fingerprint density at radius 3 is 2.62 bits per heavy atom. The Morgan fingerprint density at radius 2 is 1.88 bits per heavy atom. The van der Waals surface area contributed by atoms with Gasteiger partial charge < -0.3 is 19.6 Å². The van der Waals surface area contributed by atoms with Gasteiger partial charge in [-0.3, -0.25) is 0 Å². The van der Waals surface area contributed by atoms with E-state index in [1.807, 2.05) is 12.1 Å². The van der Waals surface area contributed by atoms with Gasteiger partial charge in [0.05, 0.1) is 25.3 Å². The molecule has 0 radical (unpaired) electrons. The van der Waals surface area contributed by atoms with Crippen molar-refractivity contribution in [2.75, 3.05) is 20.0 Å². The van der Waals surface area contributed by atoms with Gasteiger partial charge in [0.25, 0.3) is 0 Å². The molecule has 3 rings (SSSR count). The fraction of sp³-hybridized carbons (Fsp3) is 0.111. The van der Waals surface area contributed by atoms with Gasteiger partial charge in [0.15, 0.2) is 11.5 Å². The lowest BCUT2D eigenvalue weighted by molar-refractivity contribution is 0.355. The Bertz CT molecular complexity index is 976. The third-order valence-electron chi connectivity index (χ3n) is 3.53. The maximum absolute atomic E-state index is 12.0. The molecule has 0 aliphatic rings. The minimum absolute atomic E-state index is 0.181. The van der Waals surface area contributed by atoms with Crippen LogP contribution in [0.1, 0.15) is 11.5 Å². The van der Waals surface area contributed by atoms with E-state index in [0.717, 1.165) is 5.56 Å². The van der Waals surface area contributed by atoms with Crippen LogP contribution in [0.5, 0.6) is 11.5 Å². The van der Waals surface area contributed by atoms with E-state index < -0.39 is 5.63 Å². The van der Waals surface area contributed by atoms with Crippen LogP contribution >= 0.6 is 0 Å². The molecule has 122 valence electrons. The maximum atomic E-state index is 12.0. The van der Waals surface area contributed by atoms with E-state index in [1.54, 1.807) is 50.6 Å². The molecule has 3 aromatic rings. The lowest BCUT2D eigenvalue weighted by Crippen LogP contribution is -2.04. The van der Waals surface area contributed by atoms with Gasteiger partial charge in [0.1, 0.15) is 5.52 Å². The maximum Gasteiger partial charge on any atom is 0.347 e. The van der Waals surface area contributed by atoms with E-state index in [2.05, 4.69) is 4.98 Å². The third kappa shape index (κ3) is 2.94. The average Bonchev–Trinajstić information content (AvgIpc) is 2.60. The predicted molar refractivity (Wildman–Crippen MR) is 93.2 cm³/mol. The van der Waals surface area contributed by atoms with Crippen molar-refractivity contribution in [1.82, 2.24) is 4.98 Å². The molecule has 6 heteroatoms. The molecule has 0 spiro atoms. The van der Waals surface area contributed by atoms with Gasteiger partial charge in [-0.15, -0.1) is 0 Å². The zero-order chi connectivity index (χ0) is 17.1. The Labute approximate surface area is 138 Å².